The number of pyridine rings is 1. The highest BCUT2D eigenvalue weighted by atomic mass is 35.5. The van der Waals surface area contributed by atoms with Crippen LogP contribution in [0.3, 0.4) is 0 Å². The number of H-pyrrole nitrogens is 1. The van der Waals surface area contributed by atoms with E-state index in [1.54, 1.807) is 19.1 Å². The summed E-state index contributed by atoms with van der Waals surface area (Å²) in [5, 5.41) is 5.14. The Bertz CT molecular complexity index is 1050. The van der Waals surface area contributed by atoms with Crippen LogP contribution in [0.2, 0.25) is 5.02 Å². The molecule has 1 aromatic heterocycles. The molecule has 126 valence electrons. The third-order valence-corrected chi connectivity index (χ3v) is 4.17. The zero-order chi connectivity index (χ0) is 18.0. The molecule has 3 aromatic rings. The number of nitrogens with zero attached hydrogens (tertiary/aromatic N) is 1. The van der Waals surface area contributed by atoms with Crippen molar-refractivity contribution in [3.63, 3.8) is 0 Å². The monoisotopic (exact) mass is 352 g/mol. The van der Waals surface area contributed by atoms with Gasteiger partial charge in [0.15, 0.2) is 5.76 Å². The molecule has 0 spiro atoms. The van der Waals surface area contributed by atoms with E-state index in [0.29, 0.717) is 16.1 Å². The van der Waals surface area contributed by atoms with Crippen molar-refractivity contribution in [2.75, 3.05) is 0 Å². The second-order valence-corrected chi connectivity index (χ2v) is 6.02. The second kappa shape index (κ2) is 6.95. The SMILES string of the molecule is C=C(O/N=C/C)c1c(-c2ccccc2C)c2cc(Cl)ccc2[nH]c1=O. The third kappa shape index (κ3) is 3.21. The first-order valence-corrected chi connectivity index (χ1v) is 8.16. The zero-order valence-corrected chi connectivity index (χ0v) is 14.7. The molecule has 1 N–H and O–H groups in total. The van der Waals surface area contributed by atoms with E-state index in [1.165, 1.54) is 6.21 Å². The van der Waals surface area contributed by atoms with Crippen LogP contribution in [-0.2, 0) is 4.84 Å². The third-order valence-electron chi connectivity index (χ3n) is 3.94. The van der Waals surface area contributed by atoms with Gasteiger partial charge in [-0.2, -0.15) is 0 Å². The minimum atomic E-state index is -0.288. The van der Waals surface area contributed by atoms with Crippen molar-refractivity contribution < 1.29 is 4.84 Å². The number of nitrogens with one attached hydrogen (secondary N) is 1. The van der Waals surface area contributed by atoms with Crippen molar-refractivity contribution in [1.82, 2.24) is 4.98 Å². The lowest BCUT2D eigenvalue weighted by Gasteiger charge is -2.15. The summed E-state index contributed by atoms with van der Waals surface area (Å²) >= 11 is 6.20. The molecule has 0 aliphatic carbocycles. The smallest absolute Gasteiger partial charge is 0.260 e. The number of aromatic amines is 1. The van der Waals surface area contributed by atoms with Crippen molar-refractivity contribution in [3.8, 4) is 11.1 Å². The molecule has 3 rings (SSSR count). The van der Waals surface area contributed by atoms with E-state index in [9.17, 15) is 4.79 Å². The average molecular weight is 353 g/mol. The Morgan fingerprint density at radius 3 is 2.76 bits per heavy atom. The molecule has 0 aliphatic rings. The van der Waals surface area contributed by atoms with Crippen molar-refractivity contribution >= 4 is 34.5 Å². The number of hydrogen-bond acceptors (Lipinski definition) is 3. The van der Waals surface area contributed by atoms with Gasteiger partial charge in [-0.1, -0.05) is 47.6 Å². The Morgan fingerprint density at radius 2 is 2.04 bits per heavy atom. The summed E-state index contributed by atoms with van der Waals surface area (Å²) in [7, 11) is 0. The van der Waals surface area contributed by atoms with Gasteiger partial charge in [0.25, 0.3) is 5.56 Å². The fourth-order valence-corrected chi connectivity index (χ4v) is 3.00. The molecule has 0 saturated heterocycles. The van der Waals surface area contributed by atoms with E-state index >= 15 is 0 Å². The van der Waals surface area contributed by atoms with Gasteiger partial charge >= 0.3 is 0 Å². The number of rotatable bonds is 4. The summed E-state index contributed by atoms with van der Waals surface area (Å²) in [6.45, 7) is 7.59. The molecular formula is C20H17ClN2O2. The lowest BCUT2D eigenvalue weighted by molar-refractivity contribution is 0.301. The normalized spacial score (nSPS) is 11.2. The van der Waals surface area contributed by atoms with Crippen LogP contribution in [0, 0.1) is 6.92 Å². The highest BCUT2D eigenvalue weighted by Crippen LogP contribution is 2.35. The molecule has 0 atom stereocenters. The predicted octanol–water partition coefficient (Wildman–Crippen LogP) is 5.15. The van der Waals surface area contributed by atoms with E-state index < -0.39 is 0 Å². The van der Waals surface area contributed by atoms with Crippen LogP contribution >= 0.6 is 11.6 Å². The van der Waals surface area contributed by atoms with Gasteiger partial charge in [-0.3, -0.25) is 4.79 Å². The number of halogens is 1. The molecular weight excluding hydrogens is 336 g/mol. The fraction of sp³-hybridized carbons (Fsp3) is 0.100. The van der Waals surface area contributed by atoms with E-state index in [2.05, 4.69) is 16.7 Å². The molecule has 0 fully saturated rings. The van der Waals surface area contributed by atoms with Crippen molar-refractivity contribution in [2.45, 2.75) is 13.8 Å². The minimum absolute atomic E-state index is 0.180. The van der Waals surface area contributed by atoms with Gasteiger partial charge < -0.3 is 9.82 Å². The first-order chi connectivity index (χ1) is 12.0. The molecule has 25 heavy (non-hydrogen) atoms. The quantitative estimate of drug-likeness (QED) is 0.401. The number of benzene rings is 2. The summed E-state index contributed by atoms with van der Waals surface area (Å²) in [5.41, 5.74) is 3.43. The molecule has 0 aliphatic heterocycles. The summed E-state index contributed by atoms with van der Waals surface area (Å²) in [6, 6.07) is 13.2. The van der Waals surface area contributed by atoms with Crippen molar-refractivity contribution in [3.05, 3.63) is 75.5 Å². The van der Waals surface area contributed by atoms with E-state index in [1.807, 2.05) is 37.3 Å². The van der Waals surface area contributed by atoms with Gasteiger partial charge in [0.05, 0.1) is 5.56 Å². The maximum atomic E-state index is 12.7. The average Bonchev–Trinajstić information content (AvgIpc) is 2.59. The lowest BCUT2D eigenvalue weighted by atomic mass is 9.92. The van der Waals surface area contributed by atoms with Crippen molar-refractivity contribution in [2.24, 2.45) is 5.16 Å². The molecule has 4 nitrogen and oxygen atoms in total. The maximum absolute atomic E-state index is 12.7. The van der Waals surface area contributed by atoms with Gasteiger partial charge in [-0.25, -0.2) is 0 Å². The Kier molecular flexibility index (Phi) is 4.72. The van der Waals surface area contributed by atoms with Crippen LogP contribution in [0.15, 0.2) is 59.0 Å². The van der Waals surface area contributed by atoms with Crippen LogP contribution in [0.1, 0.15) is 18.1 Å². The topological polar surface area (TPSA) is 54.4 Å². The second-order valence-electron chi connectivity index (χ2n) is 5.59. The highest BCUT2D eigenvalue weighted by Gasteiger charge is 2.19. The molecule has 0 amide bonds. The van der Waals surface area contributed by atoms with E-state index in [4.69, 9.17) is 16.4 Å². The molecule has 0 unspecified atom stereocenters. The minimum Gasteiger partial charge on any atom is -0.357 e. The molecule has 0 radical (unpaired) electrons. The van der Waals surface area contributed by atoms with Gasteiger partial charge in [0.1, 0.15) is 0 Å². The largest absolute Gasteiger partial charge is 0.357 e. The van der Waals surface area contributed by atoms with Gasteiger partial charge in [-0.15, -0.1) is 0 Å². The van der Waals surface area contributed by atoms with Crippen LogP contribution in [-0.4, -0.2) is 11.2 Å². The van der Waals surface area contributed by atoms with Gasteiger partial charge in [0, 0.05) is 27.7 Å². The fourth-order valence-electron chi connectivity index (χ4n) is 2.83. The molecule has 2 aromatic carbocycles. The summed E-state index contributed by atoms with van der Waals surface area (Å²) in [6.07, 6.45) is 1.49. The summed E-state index contributed by atoms with van der Waals surface area (Å²) in [4.78, 5) is 20.9. The number of fused-ring (bicyclic) bond motifs is 1. The number of aromatic nitrogens is 1. The van der Waals surface area contributed by atoms with Crippen LogP contribution in [0.25, 0.3) is 27.8 Å². The molecule has 1 heterocycles. The molecule has 0 saturated carbocycles. The van der Waals surface area contributed by atoms with Gasteiger partial charge in [-0.05, 0) is 43.2 Å². The Morgan fingerprint density at radius 1 is 1.28 bits per heavy atom. The highest BCUT2D eigenvalue weighted by molar-refractivity contribution is 6.31. The van der Waals surface area contributed by atoms with Crippen LogP contribution < -0.4 is 5.56 Å². The Hall–Kier alpha value is -2.85. The number of aryl methyl sites for hydroxylation is 1. The first kappa shape index (κ1) is 17.0. The molecule has 0 bridgehead atoms. The zero-order valence-electron chi connectivity index (χ0n) is 14.0. The van der Waals surface area contributed by atoms with Crippen LogP contribution in [0.5, 0.6) is 0 Å². The number of oxime groups is 1. The first-order valence-electron chi connectivity index (χ1n) is 7.78. The maximum Gasteiger partial charge on any atom is 0.260 e. The number of hydrogen-bond donors (Lipinski definition) is 1. The van der Waals surface area contributed by atoms with E-state index in [-0.39, 0.29) is 11.3 Å². The predicted molar refractivity (Wildman–Crippen MR) is 104 cm³/mol. The van der Waals surface area contributed by atoms with Gasteiger partial charge in [0.2, 0.25) is 0 Å². The Labute approximate surface area is 150 Å². The van der Waals surface area contributed by atoms with Crippen LogP contribution in [0.4, 0.5) is 0 Å². The summed E-state index contributed by atoms with van der Waals surface area (Å²) < 4.78 is 0. The van der Waals surface area contributed by atoms with E-state index in [0.717, 1.165) is 22.1 Å². The van der Waals surface area contributed by atoms with Crippen molar-refractivity contribution in [1.29, 1.82) is 0 Å². The lowest BCUT2D eigenvalue weighted by Crippen LogP contribution is -2.14. The standard InChI is InChI=1S/C20H17ClN2O2/c1-4-22-25-13(3)18-19(15-8-6-5-7-12(15)2)16-11-14(21)9-10-17(16)23-20(18)24/h4-11H,3H2,1-2H3,(H,23,24)/b22-4+. The molecule has 5 heteroatoms. The summed E-state index contributed by atoms with van der Waals surface area (Å²) in [5.74, 6) is 0.180. The Balaban J connectivity index is 2.44.